The van der Waals surface area contributed by atoms with Crippen LogP contribution in [0.2, 0.25) is 0 Å². The van der Waals surface area contributed by atoms with Gasteiger partial charge in [-0.2, -0.15) is 0 Å². The van der Waals surface area contributed by atoms with Crippen molar-refractivity contribution in [1.82, 2.24) is 10.2 Å². The topological polar surface area (TPSA) is 49.4 Å². The van der Waals surface area contributed by atoms with Crippen LogP contribution in [-0.4, -0.2) is 35.8 Å². The molecule has 1 atom stereocenters. The fraction of sp³-hybridized carbons (Fsp3) is 0.529. The minimum atomic E-state index is -0.00625. The maximum atomic E-state index is 11.9. The van der Waals surface area contributed by atoms with E-state index < -0.39 is 0 Å². The molecule has 4 heteroatoms. The minimum absolute atomic E-state index is 0.00625. The van der Waals surface area contributed by atoms with E-state index in [1.807, 2.05) is 38.1 Å². The van der Waals surface area contributed by atoms with E-state index >= 15 is 0 Å². The highest BCUT2D eigenvalue weighted by Gasteiger charge is 2.14. The van der Waals surface area contributed by atoms with Crippen LogP contribution in [-0.2, 0) is 16.0 Å². The van der Waals surface area contributed by atoms with Gasteiger partial charge in [0.15, 0.2) is 0 Å². The molecule has 0 aliphatic rings. The Morgan fingerprint density at radius 2 is 2.05 bits per heavy atom. The molecule has 1 unspecified atom stereocenters. The maximum absolute atomic E-state index is 11.9. The number of rotatable bonds is 7. The van der Waals surface area contributed by atoms with Gasteiger partial charge in [0.25, 0.3) is 0 Å². The van der Waals surface area contributed by atoms with Gasteiger partial charge in [0, 0.05) is 26.1 Å². The molecule has 0 radical (unpaired) electrons. The van der Waals surface area contributed by atoms with E-state index in [0.717, 1.165) is 17.5 Å². The van der Waals surface area contributed by atoms with Gasteiger partial charge < -0.3 is 10.2 Å². The molecule has 0 aliphatic heterocycles. The lowest BCUT2D eigenvalue weighted by atomic mass is 10.1. The van der Waals surface area contributed by atoms with E-state index in [2.05, 4.69) is 12.2 Å². The summed E-state index contributed by atoms with van der Waals surface area (Å²) in [7, 11) is 0. The molecule has 1 aromatic carbocycles. The third-order valence-electron chi connectivity index (χ3n) is 3.65. The number of carbonyl (C=O) groups excluding carboxylic acids is 2. The quantitative estimate of drug-likeness (QED) is 0.837. The predicted octanol–water partition coefficient (Wildman–Crippen LogP) is 2.30. The van der Waals surface area contributed by atoms with Gasteiger partial charge in [-0.05, 0) is 25.8 Å². The predicted molar refractivity (Wildman–Crippen MR) is 85.0 cm³/mol. The molecule has 0 heterocycles. The molecule has 0 saturated carbocycles. The minimum Gasteiger partial charge on any atom is -0.354 e. The van der Waals surface area contributed by atoms with Gasteiger partial charge in [0.1, 0.15) is 0 Å². The van der Waals surface area contributed by atoms with Crippen molar-refractivity contribution in [2.45, 2.75) is 46.6 Å². The lowest BCUT2D eigenvalue weighted by molar-refractivity contribution is -0.131. The zero-order valence-electron chi connectivity index (χ0n) is 13.5. The first-order valence-electron chi connectivity index (χ1n) is 7.53. The van der Waals surface area contributed by atoms with Crippen LogP contribution in [0, 0.1) is 6.92 Å². The molecule has 0 bridgehead atoms. The Morgan fingerprint density at radius 3 is 2.62 bits per heavy atom. The van der Waals surface area contributed by atoms with Crippen LogP contribution in [0.15, 0.2) is 24.3 Å². The Hall–Kier alpha value is -1.84. The van der Waals surface area contributed by atoms with Gasteiger partial charge in [-0.1, -0.05) is 36.8 Å². The molecule has 0 spiro atoms. The zero-order valence-corrected chi connectivity index (χ0v) is 13.5. The van der Waals surface area contributed by atoms with Gasteiger partial charge in [0.05, 0.1) is 6.42 Å². The van der Waals surface area contributed by atoms with E-state index in [4.69, 9.17) is 0 Å². The molecule has 1 aromatic rings. The Bertz CT molecular complexity index is 485. The molecule has 0 fully saturated rings. The summed E-state index contributed by atoms with van der Waals surface area (Å²) in [6, 6.07) is 8.14. The third-order valence-corrected chi connectivity index (χ3v) is 3.65. The van der Waals surface area contributed by atoms with E-state index in [9.17, 15) is 9.59 Å². The molecule has 0 aliphatic carbocycles. The van der Waals surface area contributed by atoms with Crippen LogP contribution in [0.4, 0.5) is 0 Å². The fourth-order valence-electron chi connectivity index (χ4n) is 2.29. The molecule has 116 valence electrons. The first kappa shape index (κ1) is 17.2. The van der Waals surface area contributed by atoms with Crippen LogP contribution < -0.4 is 5.32 Å². The van der Waals surface area contributed by atoms with E-state index in [0.29, 0.717) is 19.5 Å². The number of aryl methyl sites for hydroxylation is 1. The van der Waals surface area contributed by atoms with Gasteiger partial charge in [0.2, 0.25) is 11.8 Å². The normalized spacial score (nSPS) is 11.8. The molecule has 2 amide bonds. The van der Waals surface area contributed by atoms with Crippen LogP contribution in [0.3, 0.4) is 0 Å². The lowest BCUT2D eigenvalue weighted by Crippen LogP contribution is -2.42. The van der Waals surface area contributed by atoms with E-state index in [1.165, 1.54) is 0 Å². The summed E-state index contributed by atoms with van der Waals surface area (Å²) in [6.45, 7) is 8.71. The molecule has 0 saturated heterocycles. The molecular weight excluding hydrogens is 264 g/mol. The number of carbonyl (C=O) groups is 2. The lowest BCUT2D eigenvalue weighted by Gasteiger charge is -2.27. The van der Waals surface area contributed by atoms with Crippen molar-refractivity contribution in [3.8, 4) is 0 Å². The summed E-state index contributed by atoms with van der Waals surface area (Å²) in [5.74, 6) is 0.0468. The standard InChI is InChI=1S/C17H26N2O2/c1-5-14(3)19(15(4)20)10-9-18-17(21)12-16-8-6-7-13(2)11-16/h6-8,11,14H,5,9-10,12H2,1-4H3,(H,18,21). The average Bonchev–Trinajstić information content (AvgIpc) is 2.42. The van der Waals surface area contributed by atoms with Crippen molar-refractivity contribution < 1.29 is 9.59 Å². The molecule has 0 aromatic heterocycles. The smallest absolute Gasteiger partial charge is 0.224 e. The number of benzene rings is 1. The van der Waals surface area contributed by atoms with Crippen LogP contribution in [0.5, 0.6) is 0 Å². The van der Waals surface area contributed by atoms with E-state index in [-0.39, 0.29) is 17.9 Å². The van der Waals surface area contributed by atoms with E-state index in [1.54, 1.807) is 11.8 Å². The fourth-order valence-corrected chi connectivity index (χ4v) is 2.29. The van der Waals surface area contributed by atoms with Gasteiger partial charge in [-0.25, -0.2) is 0 Å². The second kappa shape index (κ2) is 8.45. The zero-order chi connectivity index (χ0) is 15.8. The highest BCUT2D eigenvalue weighted by atomic mass is 16.2. The third kappa shape index (κ3) is 5.98. The van der Waals surface area contributed by atoms with Crippen LogP contribution >= 0.6 is 0 Å². The number of amides is 2. The van der Waals surface area contributed by atoms with Crippen LogP contribution in [0.25, 0.3) is 0 Å². The molecule has 1 rings (SSSR count). The Labute approximate surface area is 127 Å². The van der Waals surface area contributed by atoms with Crippen molar-refractivity contribution in [2.24, 2.45) is 0 Å². The first-order chi connectivity index (χ1) is 9.93. The largest absolute Gasteiger partial charge is 0.354 e. The monoisotopic (exact) mass is 290 g/mol. The Balaban J connectivity index is 2.40. The molecule has 21 heavy (non-hydrogen) atoms. The number of hydrogen-bond acceptors (Lipinski definition) is 2. The Morgan fingerprint density at radius 1 is 1.33 bits per heavy atom. The second-order valence-electron chi connectivity index (χ2n) is 5.49. The summed E-state index contributed by atoms with van der Waals surface area (Å²) in [5.41, 5.74) is 2.16. The summed E-state index contributed by atoms with van der Waals surface area (Å²) in [6.07, 6.45) is 1.29. The molecule has 1 N–H and O–H groups in total. The number of nitrogens with zero attached hydrogens (tertiary/aromatic N) is 1. The summed E-state index contributed by atoms with van der Waals surface area (Å²) in [5, 5.41) is 2.88. The molecule has 4 nitrogen and oxygen atoms in total. The summed E-state index contributed by atoms with van der Waals surface area (Å²) >= 11 is 0. The van der Waals surface area contributed by atoms with Crippen molar-refractivity contribution in [3.63, 3.8) is 0 Å². The first-order valence-corrected chi connectivity index (χ1v) is 7.53. The van der Waals surface area contributed by atoms with Crippen molar-refractivity contribution in [1.29, 1.82) is 0 Å². The van der Waals surface area contributed by atoms with Crippen LogP contribution in [0.1, 0.15) is 38.3 Å². The summed E-state index contributed by atoms with van der Waals surface area (Å²) in [4.78, 5) is 25.3. The van der Waals surface area contributed by atoms with Crippen molar-refractivity contribution in [2.75, 3.05) is 13.1 Å². The maximum Gasteiger partial charge on any atom is 0.224 e. The number of hydrogen-bond donors (Lipinski definition) is 1. The summed E-state index contributed by atoms with van der Waals surface area (Å²) < 4.78 is 0. The molecular formula is C17H26N2O2. The van der Waals surface area contributed by atoms with Gasteiger partial charge in [-0.15, -0.1) is 0 Å². The highest BCUT2D eigenvalue weighted by molar-refractivity contribution is 5.78. The van der Waals surface area contributed by atoms with Crippen molar-refractivity contribution in [3.05, 3.63) is 35.4 Å². The van der Waals surface area contributed by atoms with Gasteiger partial charge in [-0.3, -0.25) is 9.59 Å². The number of nitrogens with one attached hydrogen (secondary N) is 1. The van der Waals surface area contributed by atoms with Gasteiger partial charge >= 0.3 is 0 Å². The SMILES string of the molecule is CCC(C)N(CCNC(=O)Cc1cccc(C)c1)C(C)=O. The van der Waals surface area contributed by atoms with Crippen molar-refractivity contribution >= 4 is 11.8 Å². The highest BCUT2D eigenvalue weighted by Crippen LogP contribution is 2.05. The Kier molecular flexibility index (Phi) is 6.92. The second-order valence-corrected chi connectivity index (χ2v) is 5.49. The average molecular weight is 290 g/mol.